The second kappa shape index (κ2) is 8.65. The molecule has 1 amide bonds. The Labute approximate surface area is 190 Å². The molecule has 0 bridgehead atoms. The summed E-state index contributed by atoms with van der Waals surface area (Å²) in [5, 5.41) is 0.995. The molecule has 2 heterocycles. The highest BCUT2D eigenvalue weighted by Gasteiger charge is 2.24. The van der Waals surface area contributed by atoms with E-state index in [0.29, 0.717) is 40.2 Å². The van der Waals surface area contributed by atoms with E-state index in [1.54, 1.807) is 47.5 Å². The highest BCUT2D eigenvalue weighted by molar-refractivity contribution is 7.90. The van der Waals surface area contributed by atoms with Crippen LogP contribution in [0.25, 0.3) is 11.3 Å². The zero-order valence-corrected chi connectivity index (χ0v) is 19.1. The number of aryl methyl sites for hydroxylation is 2. The average Bonchev–Trinajstić information content (AvgIpc) is 3.19. The van der Waals surface area contributed by atoms with Crippen LogP contribution in [0, 0.1) is 0 Å². The topological polar surface area (TPSA) is 80.5 Å². The van der Waals surface area contributed by atoms with Crippen molar-refractivity contribution in [3.05, 3.63) is 64.1 Å². The fraction of sp³-hybridized carbons (Fsp3) is 0.273. The maximum Gasteiger partial charge on any atom is 0.227 e. The number of sulfone groups is 1. The summed E-state index contributed by atoms with van der Waals surface area (Å²) in [7, 11) is -3.29. The Morgan fingerprint density at radius 1 is 1.19 bits per heavy atom. The number of rotatable bonds is 5. The van der Waals surface area contributed by atoms with Crippen LogP contribution in [0.15, 0.2) is 51.9 Å². The Hall–Kier alpha value is -2.35. The van der Waals surface area contributed by atoms with Gasteiger partial charge in [0, 0.05) is 41.9 Å². The Kier molecular flexibility index (Phi) is 6.10. The Morgan fingerprint density at radius 2 is 2.00 bits per heavy atom. The highest BCUT2D eigenvalue weighted by Crippen LogP contribution is 2.32. The van der Waals surface area contributed by atoms with E-state index in [9.17, 15) is 13.2 Å². The monoisotopic (exact) mass is 478 g/mol. The molecular weight excluding hydrogens is 459 g/mol. The van der Waals surface area contributed by atoms with Gasteiger partial charge in [-0.1, -0.05) is 23.2 Å². The number of amides is 1. The zero-order chi connectivity index (χ0) is 22.2. The number of halogens is 2. The number of hydrogen-bond donors (Lipinski definition) is 0. The molecule has 162 valence electrons. The Bertz CT molecular complexity index is 1250. The summed E-state index contributed by atoms with van der Waals surface area (Å²) in [5.41, 5.74) is 2.32. The molecule has 31 heavy (non-hydrogen) atoms. The summed E-state index contributed by atoms with van der Waals surface area (Å²) in [5.74, 6) is 0.900. The zero-order valence-electron chi connectivity index (χ0n) is 16.8. The van der Waals surface area contributed by atoms with Gasteiger partial charge < -0.3 is 9.32 Å². The van der Waals surface area contributed by atoms with Crippen molar-refractivity contribution >= 4 is 44.6 Å². The molecule has 0 N–H and O–H groups in total. The first-order valence-electron chi connectivity index (χ1n) is 9.76. The molecule has 6 nitrogen and oxygen atoms in total. The molecule has 0 fully saturated rings. The summed E-state index contributed by atoms with van der Waals surface area (Å²) in [6.07, 6.45) is 4.86. The van der Waals surface area contributed by atoms with Crippen molar-refractivity contribution in [1.29, 1.82) is 0 Å². The van der Waals surface area contributed by atoms with Crippen LogP contribution in [0.5, 0.6) is 0 Å². The first kappa shape index (κ1) is 21.9. The first-order chi connectivity index (χ1) is 14.7. The molecule has 0 radical (unpaired) electrons. The summed E-state index contributed by atoms with van der Waals surface area (Å²) in [4.78, 5) is 19.1. The minimum atomic E-state index is -3.29. The van der Waals surface area contributed by atoms with Crippen molar-refractivity contribution in [3.8, 4) is 11.3 Å². The van der Waals surface area contributed by atoms with Crippen LogP contribution < -0.4 is 4.90 Å². The molecule has 0 unspecified atom stereocenters. The standard InChI is InChI=1S/C22H20Cl2N2O4S/c1-31(28,29)16-5-7-19-14(11-16)3-2-10-26(19)22(27)9-8-21-25-13-20(30-21)17-6-4-15(23)12-18(17)24/h4-7,11-13H,2-3,8-10H2,1H3. The number of carbonyl (C=O) groups excluding carboxylic acids is 1. The largest absolute Gasteiger partial charge is 0.441 e. The molecule has 2 aromatic carbocycles. The van der Waals surface area contributed by atoms with Crippen molar-refractivity contribution in [2.45, 2.75) is 30.6 Å². The van der Waals surface area contributed by atoms with E-state index in [4.69, 9.17) is 27.6 Å². The second-order valence-electron chi connectivity index (χ2n) is 7.45. The van der Waals surface area contributed by atoms with E-state index >= 15 is 0 Å². The van der Waals surface area contributed by atoms with Gasteiger partial charge in [-0.15, -0.1) is 0 Å². The fourth-order valence-corrected chi connectivity index (χ4v) is 4.82. The third-order valence-corrected chi connectivity index (χ3v) is 6.86. The lowest BCUT2D eigenvalue weighted by Crippen LogP contribution is -2.35. The van der Waals surface area contributed by atoms with Gasteiger partial charge in [0.2, 0.25) is 5.91 Å². The maximum absolute atomic E-state index is 12.9. The maximum atomic E-state index is 12.9. The first-order valence-corrected chi connectivity index (χ1v) is 12.4. The van der Waals surface area contributed by atoms with Crippen LogP contribution in [0.2, 0.25) is 10.0 Å². The van der Waals surface area contributed by atoms with Gasteiger partial charge in [0.05, 0.1) is 16.1 Å². The second-order valence-corrected chi connectivity index (χ2v) is 10.3. The van der Waals surface area contributed by atoms with Crippen LogP contribution in [0.3, 0.4) is 0 Å². The summed E-state index contributed by atoms with van der Waals surface area (Å²) >= 11 is 12.2. The number of hydrogen-bond acceptors (Lipinski definition) is 5. The minimum Gasteiger partial charge on any atom is -0.441 e. The van der Waals surface area contributed by atoms with E-state index in [1.165, 1.54) is 6.26 Å². The third kappa shape index (κ3) is 4.79. The predicted molar refractivity (Wildman–Crippen MR) is 121 cm³/mol. The lowest BCUT2D eigenvalue weighted by atomic mass is 10.0. The number of fused-ring (bicyclic) bond motifs is 1. The van der Waals surface area contributed by atoms with Crippen LogP contribution in [-0.2, 0) is 27.5 Å². The summed E-state index contributed by atoms with van der Waals surface area (Å²) in [6.45, 7) is 0.598. The van der Waals surface area contributed by atoms with Crippen molar-refractivity contribution in [1.82, 2.24) is 4.98 Å². The number of nitrogens with zero attached hydrogens (tertiary/aromatic N) is 2. The lowest BCUT2D eigenvalue weighted by molar-refractivity contribution is -0.118. The molecule has 3 aromatic rings. The number of oxazole rings is 1. The minimum absolute atomic E-state index is 0.0580. The average molecular weight is 479 g/mol. The van der Waals surface area contributed by atoms with Crippen LogP contribution >= 0.6 is 23.2 Å². The van der Waals surface area contributed by atoms with E-state index < -0.39 is 9.84 Å². The molecule has 1 aliphatic rings. The third-order valence-electron chi connectivity index (χ3n) is 5.20. The van der Waals surface area contributed by atoms with E-state index in [2.05, 4.69) is 4.98 Å². The van der Waals surface area contributed by atoms with E-state index in [1.807, 2.05) is 0 Å². The van der Waals surface area contributed by atoms with Gasteiger partial charge >= 0.3 is 0 Å². The summed E-state index contributed by atoms with van der Waals surface area (Å²) < 4.78 is 29.4. The molecule has 0 aliphatic carbocycles. The Balaban J connectivity index is 1.46. The van der Waals surface area contributed by atoms with Crippen LogP contribution in [0.4, 0.5) is 5.69 Å². The highest BCUT2D eigenvalue weighted by atomic mass is 35.5. The molecule has 1 aromatic heterocycles. The smallest absolute Gasteiger partial charge is 0.227 e. The SMILES string of the molecule is CS(=O)(=O)c1ccc2c(c1)CCCN2C(=O)CCc1ncc(-c2ccc(Cl)cc2Cl)o1. The van der Waals surface area contributed by atoms with Crippen molar-refractivity contribution in [2.24, 2.45) is 0 Å². The Morgan fingerprint density at radius 3 is 2.74 bits per heavy atom. The molecule has 4 rings (SSSR count). The number of anilines is 1. The van der Waals surface area contributed by atoms with Crippen molar-refractivity contribution in [2.75, 3.05) is 17.7 Å². The van der Waals surface area contributed by atoms with Crippen LogP contribution in [-0.4, -0.2) is 32.1 Å². The molecule has 0 saturated heterocycles. The number of benzene rings is 2. The number of aromatic nitrogens is 1. The molecular formula is C22H20Cl2N2O4S. The van der Waals surface area contributed by atoms with Gasteiger partial charge in [-0.2, -0.15) is 0 Å². The van der Waals surface area contributed by atoms with Gasteiger partial charge in [0.1, 0.15) is 0 Å². The molecule has 9 heteroatoms. The van der Waals surface area contributed by atoms with Gasteiger partial charge in [-0.25, -0.2) is 13.4 Å². The van der Waals surface area contributed by atoms with Crippen molar-refractivity contribution in [3.63, 3.8) is 0 Å². The van der Waals surface area contributed by atoms with Crippen molar-refractivity contribution < 1.29 is 17.6 Å². The quantitative estimate of drug-likeness (QED) is 0.517. The molecule has 0 saturated carbocycles. The lowest BCUT2D eigenvalue weighted by Gasteiger charge is -2.29. The molecule has 1 aliphatic heterocycles. The molecule has 0 spiro atoms. The number of carbonyl (C=O) groups is 1. The predicted octanol–water partition coefficient (Wildman–Crippen LogP) is 4.96. The summed E-state index contributed by atoms with van der Waals surface area (Å²) in [6, 6.07) is 10.0. The van der Waals surface area contributed by atoms with Gasteiger partial charge in [-0.05, 0) is 54.8 Å². The normalized spacial score (nSPS) is 13.8. The fourth-order valence-electron chi connectivity index (χ4n) is 3.65. The van der Waals surface area contributed by atoms with E-state index in [-0.39, 0.29) is 17.2 Å². The van der Waals surface area contributed by atoms with Gasteiger partial charge in [-0.3, -0.25) is 4.79 Å². The van der Waals surface area contributed by atoms with Gasteiger partial charge in [0.25, 0.3) is 0 Å². The van der Waals surface area contributed by atoms with E-state index in [0.717, 1.165) is 24.1 Å². The van der Waals surface area contributed by atoms with Crippen LogP contribution in [0.1, 0.15) is 24.3 Å². The molecule has 0 atom stereocenters. The van der Waals surface area contributed by atoms with Gasteiger partial charge in [0.15, 0.2) is 21.5 Å².